The Morgan fingerprint density at radius 1 is 1.21 bits per heavy atom. The van der Waals surface area contributed by atoms with E-state index in [9.17, 15) is 13.2 Å². The van der Waals surface area contributed by atoms with Gasteiger partial charge in [0.2, 0.25) is 10.0 Å². The lowest BCUT2D eigenvalue weighted by Gasteiger charge is -2.31. The van der Waals surface area contributed by atoms with Crippen LogP contribution in [-0.4, -0.2) is 38.0 Å². The van der Waals surface area contributed by atoms with Gasteiger partial charge < -0.3 is 4.74 Å². The SMILES string of the molecule is COc1ccc(C(=O)C2Sc3cc(Cl)ccc3S(=O)(=O)N2C)cc1. The molecule has 0 fully saturated rings. The second-order valence-electron chi connectivity index (χ2n) is 5.18. The molecule has 3 rings (SSSR count). The van der Waals surface area contributed by atoms with E-state index in [0.717, 1.165) is 4.31 Å². The van der Waals surface area contributed by atoms with Crippen LogP contribution in [0, 0.1) is 0 Å². The van der Waals surface area contributed by atoms with Gasteiger partial charge in [-0.25, -0.2) is 8.42 Å². The third kappa shape index (κ3) is 2.93. The van der Waals surface area contributed by atoms with E-state index in [1.54, 1.807) is 30.3 Å². The Morgan fingerprint density at radius 2 is 1.88 bits per heavy atom. The molecule has 0 saturated heterocycles. The van der Waals surface area contributed by atoms with Crippen molar-refractivity contribution in [2.45, 2.75) is 15.2 Å². The van der Waals surface area contributed by atoms with Crippen molar-refractivity contribution in [2.24, 2.45) is 0 Å². The zero-order chi connectivity index (χ0) is 17.5. The van der Waals surface area contributed by atoms with Crippen LogP contribution in [0.25, 0.3) is 0 Å². The molecule has 2 aromatic carbocycles. The summed E-state index contributed by atoms with van der Waals surface area (Å²) in [6.45, 7) is 0. The van der Waals surface area contributed by atoms with E-state index in [1.807, 2.05) is 0 Å². The first-order valence-electron chi connectivity index (χ1n) is 6.97. The second-order valence-corrected chi connectivity index (χ2v) is 8.70. The predicted octanol–water partition coefficient (Wildman–Crippen LogP) is 3.28. The van der Waals surface area contributed by atoms with Crippen LogP contribution >= 0.6 is 23.4 Å². The molecular formula is C16H14ClNO4S2. The van der Waals surface area contributed by atoms with E-state index in [0.29, 0.717) is 21.2 Å². The number of Topliss-reactive ketones (excluding diaryl/α,β-unsaturated/α-hetero) is 1. The normalized spacial score (nSPS) is 19.5. The zero-order valence-corrected chi connectivity index (χ0v) is 15.3. The summed E-state index contributed by atoms with van der Waals surface area (Å²) in [5.74, 6) is 0.334. The van der Waals surface area contributed by atoms with E-state index >= 15 is 0 Å². The maximum absolute atomic E-state index is 12.8. The van der Waals surface area contributed by atoms with Gasteiger partial charge in [0.05, 0.1) is 12.0 Å². The van der Waals surface area contributed by atoms with Crippen LogP contribution in [0.1, 0.15) is 10.4 Å². The summed E-state index contributed by atoms with van der Waals surface area (Å²) >= 11 is 7.14. The molecule has 0 amide bonds. The van der Waals surface area contributed by atoms with Crippen LogP contribution in [0.5, 0.6) is 5.75 Å². The summed E-state index contributed by atoms with van der Waals surface area (Å²) < 4.78 is 31.5. The molecule has 0 aliphatic carbocycles. The predicted molar refractivity (Wildman–Crippen MR) is 93.4 cm³/mol. The maximum atomic E-state index is 12.8. The Bertz CT molecular complexity index is 897. The number of hydrogen-bond acceptors (Lipinski definition) is 5. The van der Waals surface area contributed by atoms with Crippen LogP contribution in [0.15, 0.2) is 52.3 Å². The molecule has 1 unspecified atom stereocenters. The van der Waals surface area contributed by atoms with Crippen molar-refractivity contribution in [3.63, 3.8) is 0 Å². The zero-order valence-electron chi connectivity index (χ0n) is 12.9. The molecule has 0 saturated carbocycles. The van der Waals surface area contributed by atoms with Gasteiger partial charge in [0.15, 0.2) is 5.78 Å². The van der Waals surface area contributed by atoms with Crippen LogP contribution in [0.2, 0.25) is 5.02 Å². The fraction of sp³-hybridized carbons (Fsp3) is 0.188. The van der Waals surface area contributed by atoms with Gasteiger partial charge in [0.25, 0.3) is 0 Å². The van der Waals surface area contributed by atoms with Crippen molar-refractivity contribution >= 4 is 39.2 Å². The smallest absolute Gasteiger partial charge is 0.245 e. The number of hydrogen-bond donors (Lipinski definition) is 0. The van der Waals surface area contributed by atoms with Crippen molar-refractivity contribution in [3.05, 3.63) is 53.1 Å². The molecule has 0 radical (unpaired) electrons. The fourth-order valence-corrected chi connectivity index (χ4v) is 5.77. The molecule has 1 aliphatic heterocycles. The summed E-state index contributed by atoms with van der Waals surface area (Å²) in [5.41, 5.74) is 0.417. The van der Waals surface area contributed by atoms with Crippen LogP contribution in [0.4, 0.5) is 0 Å². The molecule has 1 heterocycles. The number of rotatable bonds is 3. The summed E-state index contributed by atoms with van der Waals surface area (Å²) in [6.07, 6.45) is 0. The number of thioether (sulfide) groups is 1. The Morgan fingerprint density at radius 3 is 2.50 bits per heavy atom. The van der Waals surface area contributed by atoms with Crippen LogP contribution in [-0.2, 0) is 10.0 Å². The average Bonchev–Trinajstić information content (AvgIpc) is 2.57. The van der Waals surface area contributed by atoms with Gasteiger partial charge in [0, 0.05) is 22.5 Å². The number of carbonyl (C=O) groups is 1. The van der Waals surface area contributed by atoms with Gasteiger partial charge in [-0.15, -0.1) is 0 Å². The molecule has 2 aromatic rings. The number of halogens is 1. The molecule has 1 aliphatic rings. The number of sulfonamides is 1. The fourth-order valence-electron chi connectivity index (χ4n) is 2.38. The molecule has 0 bridgehead atoms. The first-order chi connectivity index (χ1) is 11.3. The van der Waals surface area contributed by atoms with Gasteiger partial charge in [-0.2, -0.15) is 4.31 Å². The Balaban J connectivity index is 2.00. The van der Waals surface area contributed by atoms with E-state index in [2.05, 4.69) is 0 Å². The van der Waals surface area contributed by atoms with Crippen molar-refractivity contribution in [1.29, 1.82) is 0 Å². The summed E-state index contributed by atoms with van der Waals surface area (Å²) in [7, 11) is -0.799. The number of fused-ring (bicyclic) bond motifs is 1. The molecule has 8 heteroatoms. The number of likely N-dealkylation sites (N-methyl/N-ethyl adjacent to an activating group) is 1. The van der Waals surface area contributed by atoms with E-state index in [1.165, 1.54) is 38.1 Å². The van der Waals surface area contributed by atoms with Crippen molar-refractivity contribution in [1.82, 2.24) is 4.31 Å². The van der Waals surface area contributed by atoms with Crippen molar-refractivity contribution < 1.29 is 17.9 Å². The lowest BCUT2D eigenvalue weighted by atomic mass is 10.1. The van der Waals surface area contributed by atoms with Crippen LogP contribution < -0.4 is 4.74 Å². The highest BCUT2D eigenvalue weighted by Crippen LogP contribution is 2.41. The summed E-state index contributed by atoms with van der Waals surface area (Å²) in [4.78, 5) is 13.4. The van der Waals surface area contributed by atoms with Gasteiger partial charge in [0.1, 0.15) is 11.1 Å². The second kappa shape index (κ2) is 6.40. The molecule has 5 nitrogen and oxygen atoms in total. The minimum atomic E-state index is -3.74. The van der Waals surface area contributed by atoms with Gasteiger partial charge in [-0.3, -0.25) is 4.79 Å². The molecule has 126 valence electrons. The Labute approximate surface area is 149 Å². The van der Waals surface area contributed by atoms with Crippen molar-refractivity contribution in [2.75, 3.05) is 14.2 Å². The van der Waals surface area contributed by atoms with Crippen molar-refractivity contribution in [3.8, 4) is 5.75 Å². The molecular weight excluding hydrogens is 370 g/mol. The number of ether oxygens (including phenoxy) is 1. The van der Waals surface area contributed by atoms with E-state index < -0.39 is 15.4 Å². The maximum Gasteiger partial charge on any atom is 0.245 e. The summed E-state index contributed by atoms with van der Waals surface area (Å²) in [6, 6.07) is 11.1. The molecule has 0 aromatic heterocycles. The lowest BCUT2D eigenvalue weighted by molar-refractivity contribution is 0.0955. The molecule has 0 spiro atoms. The Hall–Kier alpha value is -1.54. The van der Waals surface area contributed by atoms with E-state index in [-0.39, 0.29) is 10.7 Å². The highest BCUT2D eigenvalue weighted by Gasteiger charge is 2.40. The Kier molecular flexibility index (Phi) is 4.61. The molecule has 0 N–H and O–H groups in total. The third-order valence-corrected chi connectivity index (χ3v) is 7.45. The number of carbonyl (C=O) groups excluding carboxylic acids is 1. The molecule has 1 atom stereocenters. The third-order valence-electron chi connectivity index (χ3n) is 3.73. The van der Waals surface area contributed by atoms with Gasteiger partial charge in [-0.05, 0) is 42.5 Å². The minimum Gasteiger partial charge on any atom is -0.497 e. The summed E-state index contributed by atoms with van der Waals surface area (Å²) in [5, 5.41) is -0.453. The minimum absolute atomic E-state index is 0.165. The van der Waals surface area contributed by atoms with Crippen LogP contribution in [0.3, 0.4) is 0 Å². The lowest BCUT2D eigenvalue weighted by Crippen LogP contribution is -2.43. The highest BCUT2D eigenvalue weighted by molar-refractivity contribution is 8.03. The van der Waals surface area contributed by atoms with Gasteiger partial charge >= 0.3 is 0 Å². The number of methoxy groups -OCH3 is 1. The number of benzene rings is 2. The first kappa shape index (κ1) is 17.3. The average molecular weight is 384 g/mol. The van der Waals surface area contributed by atoms with Gasteiger partial charge in [-0.1, -0.05) is 23.4 Å². The topological polar surface area (TPSA) is 63.7 Å². The standard InChI is InChI=1S/C16H14ClNO4S2/c1-18-16(15(19)10-3-6-12(22-2)7-4-10)23-13-9-11(17)5-8-14(13)24(18,20)21/h3-9,16H,1-2H3. The molecule has 24 heavy (non-hydrogen) atoms. The quantitative estimate of drug-likeness (QED) is 0.761. The number of ketones is 1. The monoisotopic (exact) mass is 383 g/mol. The number of nitrogens with zero attached hydrogens (tertiary/aromatic N) is 1. The highest BCUT2D eigenvalue weighted by atomic mass is 35.5. The largest absolute Gasteiger partial charge is 0.497 e. The first-order valence-corrected chi connectivity index (χ1v) is 9.67. The van der Waals surface area contributed by atoms with E-state index in [4.69, 9.17) is 16.3 Å².